The topological polar surface area (TPSA) is 140 Å². The van der Waals surface area contributed by atoms with Crippen LogP contribution in [0.5, 0.6) is 0 Å². The molecule has 118 valence electrons. The van der Waals surface area contributed by atoms with Gasteiger partial charge in [0.25, 0.3) is 15.5 Å². The van der Waals surface area contributed by atoms with Crippen molar-refractivity contribution >= 4 is 26.5 Å². The Bertz CT molecular complexity index is 720. The van der Waals surface area contributed by atoms with Gasteiger partial charge in [0, 0.05) is 12.1 Å². The minimum absolute atomic E-state index is 0.0586. The zero-order valence-electron chi connectivity index (χ0n) is 11.6. The van der Waals surface area contributed by atoms with E-state index in [0.717, 1.165) is 7.11 Å². The van der Waals surface area contributed by atoms with Gasteiger partial charge in [0.2, 0.25) is 0 Å². The molecule has 22 heavy (non-hydrogen) atoms. The molecule has 10 heteroatoms. The molecular formula is C12H13N3O6S. The summed E-state index contributed by atoms with van der Waals surface area (Å²) in [5.41, 5.74) is 9.26. The Balaban J connectivity index is 2.68. The van der Waals surface area contributed by atoms with E-state index in [9.17, 15) is 23.3 Å². The molecule has 1 aromatic carbocycles. The van der Waals surface area contributed by atoms with Crippen molar-refractivity contribution in [3.8, 4) is 0 Å². The second-order valence-corrected chi connectivity index (χ2v) is 6.27. The van der Waals surface area contributed by atoms with Crippen molar-refractivity contribution in [3.05, 3.63) is 45.5 Å². The molecule has 0 radical (unpaired) electrons. The van der Waals surface area contributed by atoms with Crippen molar-refractivity contribution < 1.29 is 27.7 Å². The maximum Gasteiger partial charge on any atom is 0.488 e. The lowest BCUT2D eigenvalue weighted by Crippen LogP contribution is -2.29. The van der Waals surface area contributed by atoms with Gasteiger partial charge in [0.1, 0.15) is 0 Å². The summed E-state index contributed by atoms with van der Waals surface area (Å²) in [5, 5.41) is 9.46. The van der Waals surface area contributed by atoms with E-state index in [1.807, 2.05) is 0 Å². The molecule has 0 fully saturated rings. The molecule has 0 spiro atoms. The highest BCUT2D eigenvalue weighted by molar-refractivity contribution is 8.07. The number of nitro groups is 1. The summed E-state index contributed by atoms with van der Waals surface area (Å²) in [4.78, 5) is 23.6. The summed E-state index contributed by atoms with van der Waals surface area (Å²) in [7, 11) is -3.09. The van der Waals surface area contributed by atoms with Crippen molar-refractivity contribution in [1.82, 2.24) is 0 Å². The van der Waals surface area contributed by atoms with Crippen LogP contribution < -0.4 is 0 Å². The van der Waals surface area contributed by atoms with Crippen molar-refractivity contribution in [2.24, 2.45) is 0 Å². The Morgan fingerprint density at radius 3 is 2.41 bits per heavy atom. The van der Waals surface area contributed by atoms with Gasteiger partial charge in [-0.3, -0.25) is 10.1 Å². The van der Waals surface area contributed by atoms with Gasteiger partial charge in [0.15, 0.2) is 0 Å². The monoisotopic (exact) mass is 327 g/mol. The first kappa shape index (κ1) is 17.5. The molecule has 0 aliphatic carbocycles. The largest absolute Gasteiger partial charge is 0.488 e. The fourth-order valence-electron chi connectivity index (χ4n) is 1.66. The van der Waals surface area contributed by atoms with Crippen LogP contribution in [0.15, 0.2) is 24.3 Å². The Kier molecular flexibility index (Phi) is 5.90. The van der Waals surface area contributed by atoms with Gasteiger partial charge in [-0.05, 0) is 18.4 Å². The first-order valence-corrected chi connectivity index (χ1v) is 7.73. The number of aryl methyl sites for hydroxylation is 1. The maximum atomic E-state index is 11.8. The third-order valence-electron chi connectivity index (χ3n) is 2.77. The molecule has 0 unspecified atom stereocenters. The fraction of sp³-hybridized carbons (Fsp3) is 0.333. The van der Waals surface area contributed by atoms with Crippen LogP contribution in [0.2, 0.25) is 0 Å². The van der Waals surface area contributed by atoms with Gasteiger partial charge >= 0.3 is 11.0 Å². The quantitative estimate of drug-likeness (QED) is 0.149. The predicted octanol–water partition coefficient (Wildman–Crippen LogP) is 0.743. The maximum absolute atomic E-state index is 11.8. The van der Waals surface area contributed by atoms with E-state index in [1.54, 1.807) is 0 Å². The molecule has 0 aromatic heterocycles. The number of hydrogen-bond donors (Lipinski definition) is 0. The van der Waals surface area contributed by atoms with Crippen LogP contribution in [0.1, 0.15) is 12.0 Å². The van der Waals surface area contributed by atoms with Crippen LogP contribution >= 0.6 is 0 Å². The smallest absolute Gasteiger partial charge is 0.460 e. The highest BCUT2D eigenvalue weighted by atomic mass is 32.2. The zero-order chi connectivity index (χ0) is 16.8. The van der Waals surface area contributed by atoms with Crippen LogP contribution in [0.3, 0.4) is 0 Å². The number of ether oxygens (including phenoxy) is 1. The third-order valence-corrected chi connectivity index (χ3v) is 4.43. The van der Waals surface area contributed by atoms with Crippen molar-refractivity contribution in [2.45, 2.75) is 12.8 Å². The van der Waals surface area contributed by atoms with Crippen LogP contribution in [0.25, 0.3) is 5.53 Å². The second kappa shape index (κ2) is 7.43. The van der Waals surface area contributed by atoms with E-state index in [0.29, 0.717) is 12.0 Å². The molecule has 9 nitrogen and oxygen atoms in total. The Labute approximate surface area is 126 Å². The standard InChI is InChI=1S/C12H13N3O6S/c1-21-12(16)11(14-13)22(19,20)8-2-3-9-4-6-10(7-5-9)15(17)18/h4-7H,2-3,8H2,1H3. The van der Waals surface area contributed by atoms with Crippen LogP contribution in [0, 0.1) is 10.1 Å². The molecule has 0 atom stereocenters. The lowest BCUT2D eigenvalue weighted by Gasteiger charge is -2.01. The van der Waals surface area contributed by atoms with Gasteiger partial charge < -0.3 is 10.3 Å². The summed E-state index contributed by atoms with van der Waals surface area (Å²) < 4.78 is 27.8. The van der Waals surface area contributed by atoms with Crippen LogP contribution in [-0.2, 0) is 25.8 Å². The molecule has 0 bridgehead atoms. The average Bonchev–Trinajstić information content (AvgIpc) is 2.47. The van der Waals surface area contributed by atoms with E-state index in [2.05, 4.69) is 9.53 Å². The molecule has 0 saturated carbocycles. The number of esters is 1. The summed E-state index contributed by atoms with van der Waals surface area (Å²) in [6, 6.07) is 5.68. The van der Waals surface area contributed by atoms with Gasteiger partial charge in [-0.1, -0.05) is 12.1 Å². The normalized spacial score (nSPS) is 10.6. The molecule has 0 aliphatic heterocycles. The molecule has 1 rings (SSSR count). The average molecular weight is 327 g/mol. The number of rotatable bonds is 5. The number of hydrogen-bond acceptors (Lipinski definition) is 6. The Morgan fingerprint density at radius 2 is 1.95 bits per heavy atom. The molecule has 1 aromatic rings. The number of benzene rings is 1. The minimum Gasteiger partial charge on any atom is -0.460 e. The number of nitro benzene ring substituents is 1. The van der Waals surface area contributed by atoms with Crippen molar-refractivity contribution in [2.75, 3.05) is 12.9 Å². The highest BCUT2D eigenvalue weighted by Crippen LogP contribution is 2.13. The number of carbonyl (C=O) groups excluding carboxylic acids is 1. The Morgan fingerprint density at radius 1 is 1.36 bits per heavy atom. The van der Waals surface area contributed by atoms with E-state index in [4.69, 9.17) is 5.53 Å². The lowest BCUT2D eigenvalue weighted by atomic mass is 10.1. The van der Waals surface area contributed by atoms with E-state index < -0.39 is 31.5 Å². The number of nitrogens with zero attached hydrogens (tertiary/aromatic N) is 3. The van der Waals surface area contributed by atoms with Crippen LogP contribution in [-0.4, -0.2) is 42.0 Å². The van der Waals surface area contributed by atoms with E-state index >= 15 is 0 Å². The van der Waals surface area contributed by atoms with Crippen LogP contribution in [0.4, 0.5) is 5.69 Å². The van der Waals surface area contributed by atoms with E-state index in [-0.39, 0.29) is 12.1 Å². The van der Waals surface area contributed by atoms with Gasteiger partial charge in [0.05, 0.1) is 17.8 Å². The SMILES string of the molecule is COC(=O)C(=[N+]=[N-])S(=O)(=O)CCCc1ccc([N+](=O)[O-])cc1. The summed E-state index contributed by atoms with van der Waals surface area (Å²) in [5.74, 6) is -1.66. The van der Waals surface area contributed by atoms with Crippen molar-refractivity contribution in [3.63, 3.8) is 0 Å². The number of methoxy groups -OCH3 is 1. The minimum atomic E-state index is -4.06. The number of non-ortho nitro benzene ring substituents is 1. The molecular weight excluding hydrogens is 314 g/mol. The van der Waals surface area contributed by atoms with Gasteiger partial charge in [-0.15, -0.1) is 4.79 Å². The van der Waals surface area contributed by atoms with Gasteiger partial charge in [-0.2, -0.15) is 0 Å². The summed E-state index contributed by atoms with van der Waals surface area (Å²) >= 11 is 0. The number of sulfone groups is 1. The lowest BCUT2D eigenvalue weighted by molar-refractivity contribution is -0.384. The zero-order valence-corrected chi connectivity index (χ0v) is 12.4. The summed E-state index contributed by atoms with van der Waals surface area (Å²) in [6.07, 6.45) is 0.479. The van der Waals surface area contributed by atoms with Crippen molar-refractivity contribution in [1.29, 1.82) is 0 Å². The molecule has 0 aliphatic rings. The van der Waals surface area contributed by atoms with E-state index in [1.165, 1.54) is 24.3 Å². The highest BCUT2D eigenvalue weighted by Gasteiger charge is 2.36. The van der Waals surface area contributed by atoms with Gasteiger partial charge in [-0.25, -0.2) is 13.2 Å². The molecule has 0 amide bonds. The molecule has 0 saturated heterocycles. The predicted molar refractivity (Wildman–Crippen MR) is 75.8 cm³/mol. The first-order chi connectivity index (χ1) is 10.3. The first-order valence-electron chi connectivity index (χ1n) is 6.08. The number of carbonyl (C=O) groups is 1. The Hall–Kier alpha value is -2.58. The third kappa shape index (κ3) is 4.47. The summed E-state index contributed by atoms with van der Waals surface area (Å²) in [6.45, 7) is 0. The fourth-order valence-corrected chi connectivity index (χ4v) is 2.84. The molecule has 0 N–H and O–H groups in total. The second-order valence-electron chi connectivity index (χ2n) is 4.24. The molecule has 0 heterocycles.